The Labute approximate surface area is 141 Å². The molecule has 2 aliphatic rings. The summed E-state index contributed by atoms with van der Waals surface area (Å²) < 4.78 is 5.46. The topological polar surface area (TPSA) is 72.4 Å². The fourth-order valence-corrected chi connectivity index (χ4v) is 3.72. The van der Waals surface area contributed by atoms with Gasteiger partial charge in [-0.2, -0.15) is 0 Å². The first-order chi connectivity index (χ1) is 10.7. The molecule has 2 heterocycles. The molecule has 2 N–H and O–H groups in total. The van der Waals surface area contributed by atoms with Crippen molar-refractivity contribution in [2.75, 3.05) is 13.1 Å². The van der Waals surface area contributed by atoms with Crippen LogP contribution in [0.2, 0.25) is 0 Å². The van der Waals surface area contributed by atoms with Crippen LogP contribution in [0.25, 0.3) is 11.5 Å². The summed E-state index contributed by atoms with van der Waals surface area (Å²) >= 11 is 0. The molecule has 0 spiro atoms. The van der Waals surface area contributed by atoms with E-state index in [0.29, 0.717) is 23.4 Å². The second-order valence-electron chi connectivity index (χ2n) is 6.28. The number of hydrogen-bond acceptors (Lipinski definition) is 4. The third-order valence-electron chi connectivity index (χ3n) is 4.94. The standard InChI is InChI=1S/C17H19N3O2.ClH/c18-14-7-6-12-8-20(9-13(12)14)17(21)15-10-22-16(19-15)11-4-2-1-3-5-11;/h1-5,10,12-14H,6-9,18H2;1H. The highest BCUT2D eigenvalue weighted by Gasteiger charge is 2.43. The van der Waals surface area contributed by atoms with Gasteiger partial charge in [0.1, 0.15) is 6.26 Å². The number of carbonyl (C=O) groups is 1. The van der Waals surface area contributed by atoms with E-state index in [-0.39, 0.29) is 24.4 Å². The van der Waals surface area contributed by atoms with Crippen LogP contribution in [0.3, 0.4) is 0 Å². The van der Waals surface area contributed by atoms with E-state index >= 15 is 0 Å². The van der Waals surface area contributed by atoms with Crippen molar-refractivity contribution in [1.82, 2.24) is 9.88 Å². The van der Waals surface area contributed by atoms with Gasteiger partial charge in [0, 0.05) is 24.7 Å². The average Bonchev–Trinajstić information content (AvgIpc) is 3.25. The number of amides is 1. The van der Waals surface area contributed by atoms with Gasteiger partial charge in [-0.1, -0.05) is 18.2 Å². The van der Waals surface area contributed by atoms with Crippen molar-refractivity contribution in [1.29, 1.82) is 0 Å². The highest BCUT2D eigenvalue weighted by molar-refractivity contribution is 5.92. The average molecular weight is 334 g/mol. The molecule has 1 aliphatic carbocycles. The molecule has 1 saturated carbocycles. The first-order valence-corrected chi connectivity index (χ1v) is 7.78. The van der Waals surface area contributed by atoms with Crippen LogP contribution in [-0.2, 0) is 0 Å². The van der Waals surface area contributed by atoms with Gasteiger partial charge in [-0.05, 0) is 36.8 Å². The van der Waals surface area contributed by atoms with Crippen molar-refractivity contribution in [2.45, 2.75) is 18.9 Å². The largest absolute Gasteiger partial charge is 0.444 e. The number of nitrogens with two attached hydrogens (primary N) is 1. The summed E-state index contributed by atoms with van der Waals surface area (Å²) in [6, 6.07) is 9.84. The molecule has 1 amide bonds. The van der Waals surface area contributed by atoms with Crippen LogP contribution in [-0.4, -0.2) is 34.9 Å². The summed E-state index contributed by atoms with van der Waals surface area (Å²) in [6.07, 6.45) is 3.67. The van der Waals surface area contributed by atoms with E-state index in [9.17, 15) is 4.79 Å². The third kappa shape index (κ3) is 2.86. The molecule has 1 aromatic carbocycles. The number of halogens is 1. The van der Waals surface area contributed by atoms with Gasteiger partial charge < -0.3 is 15.1 Å². The Balaban J connectivity index is 0.00000156. The van der Waals surface area contributed by atoms with Crippen molar-refractivity contribution >= 4 is 18.3 Å². The molecule has 1 saturated heterocycles. The smallest absolute Gasteiger partial charge is 0.275 e. The predicted octanol–water partition coefficient (Wildman–Crippen LogP) is 2.57. The molecule has 0 bridgehead atoms. The summed E-state index contributed by atoms with van der Waals surface area (Å²) in [5.41, 5.74) is 7.39. The lowest BCUT2D eigenvalue weighted by atomic mass is 9.98. The maximum Gasteiger partial charge on any atom is 0.275 e. The Kier molecular flexibility index (Phi) is 4.41. The van der Waals surface area contributed by atoms with Crippen LogP contribution in [0.5, 0.6) is 0 Å². The van der Waals surface area contributed by atoms with Gasteiger partial charge in [0.05, 0.1) is 0 Å². The third-order valence-corrected chi connectivity index (χ3v) is 4.94. The van der Waals surface area contributed by atoms with Crippen molar-refractivity contribution in [3.05, 3.63) is 42.3 Å². The zero-order chi connectivity index (χ0) is 15.1. The van der Waals surface area contributed by atoms with Gasteiger partial charge in [0.15, 0.2) is 5.69 Å². The molecule has 6 heteroatoms. The summed E-state index contributed by atoms with van der Waals surface area (Å²) in [7, 11) is 0. The molecule has 3 atom stereocenters. The zero-order valence-corrected chi connectivity index (χ0v) is 13.5. The summed E-state index contributed by atoms with van der Waals surface area (Å²) in [6.45, 7) is 1.54. The van der Waals surface area contributed by atoms with E-state index in [2.05, 4.69) is 4.98 Å². The van der Waals surface area contributed by atoms with E-state index in [1.807, 2.05) is 35.2 Å². The maximum atomic E-state index is 12.6. The number of carbonyl (C=O) groups excluding carboxylic acids is 1. The van der Waals surface area contributed by atoms with Crippen LogP contribution in [0.15, 0.2) is 41.0 Å². The minimum Gasteiger partial charge on any atom is -0.444 e. The molecule has 4 rings (SSSR count). The Morgan fingerprint density at radius 2 is 2.00 bits per heavy atom. The van der Waals surface area contributed by atoms with Crippen LogP contribution in [0.4, 0.5) is 0 Å². The summed E-state index contributed by atoms with van der Waals surface area (Å²) in [5, 5.41) is 0. The van der Waals surface area contributed by atoms with Crippen LogP contribution in [0, 0.1) is 11.8 Å². The van der Waals surface area contributed by atoms with Gasteiger partial charge in [-0.15, -0.1) is 12.4 Å². The minimum absolute atomic E-state index is 0. The number of benzene rings is 1. The molecule has 1 aliphatic heterocycles. The van der Waals surface area contributed by atoms with Crippen LogP contribution >= 0.6 is 12.4 Å². The number of hydrogen-bond donors (Lipinski definition) is 1. The van der Waals surface area contributed by atoms with Gasteiger partial charge in [0.2, 0.25) is 5.89 Å². The zero-order valence-electron chi connectivity index (χ0n) is 12.7. The number of oxazole rings is 1. The van der Waals surface area contributed by atoms with Gasteiger partial charge in [-0.3, -0.25) is 4.79 Å². The normalized spacial score (nSPS) is 26.0. The van der Waals surface area contributed by atoms with Crippen LogP contribution < -0.4 is 5.73 Å². The summed E-state index contributed by atoms with van der Waals surface area (Å²) in [5.74, 6) is 1.44. The monoisotopic (exact) mass is 333 g/mol. The fourth-order valence-electron chi connectivity index (χ4n) is 3.72. The minimum atomic E-state index is -0.0486. The first kappa shape index (κ1) is 16.0. The molecule has 1 aromatic heterocycles. The molecule has 2 aromatic rings. The van der Waals surface area contributed by atoms with Crippen molar-refractivity contribution < 1.29 is 9.21 Å². The van der Waals surface area contributed by atoms with E-state index < -0.39 is 0 Å². The lowest BCUT2D eigenvalue weighted by Crippen LogP contribution is -2.33. The maximum absolute atomic E-state index is 12.6. The second kappa shape index (κ2) is 6.34. The molecule has 122 valence electrons. The van der Waals surface area contributed by atoms with Crippen molar-refractivity contribution in [3.8, 4) is 11.5 Å². The Hall–Kier alpha value is -1.85. The Morgan fingerprint density at radius 1 is 1.22 bits per heavy atom. The number of nitrogens with zero attached hydrogens (tertiary/aromatic N) is 2. The highest BCUT2D eigenvalue weighted by atomic mass is 35.5. The number of rotatable bonds is 2. The van der Waals surface area contributed by atoms with Crippen molar-refractivity contribution in [3.63, 3.8) is 0 Å². The van der Waals surface area contributed by atoms with Crippen molar-refractivity contribution in [2.24, 2.45) is 17.6 Å². The molecule has 2 fully saturated rings. The fraction of sp³-hybridized carbons (Fsp3) is 0.412. The number of likely N-dealkylation sites (tertiary alicyclic amines) is 1. The van der Waals surface area contributed by atoms with E-state index in [4.69, 9.17) is 10.2 Å². The van der Waals surface area contributed by atoms with E-state index in [0.717, 1.165) is 31.5 Å². The number of aromatic nitrogens is 1. The molecular formula is C17H20ClN3O2. The van der Waals surface area contributed by atoms with E-state index in [1.54, 1.807) is 0 Å². The first-order valence-electron chi connectivity index (χ1n) is 7.78. The van der Waals surface area contributed by atoms with Gasteiger partial charge >= 0.3 is 0 Å². The molecule has 0 radical (unpaired) electrons. The Morgan fingerprint density at radius 3 is 2.74 bits per heavy atom. The summed E-state index contributed by atoms with van der Waals surface area (Å²) in [4.78, 5) is 18.8. The highest BCUT2D eigenvalue weighted by Crippen LogP contribution is 2.37. The lowest BCUT2D eigenvalue weighted by Gasteiger charge is -2.17. The molecule has 3 unspecified atom stereocenters. The number of fused-ring (bicyclic) bond motifs is 1. The quantitative estimate of drug-likeness (QED) is 0.916. The molecular weight excluding hydrogens is 314 g/mol. The predicted molar refractivity (Wildman–Crippen MR) is 89.3 cm³/mol. The molecule has 5 nitrogen and oxygen atoms in total. The second-order valence-corrected chi connectivity index (χ2v) is 6.28. The lowest BCUT2D eigenvalue weighted by molar-refractivity contribution is 0.0774. The Bertz CT molecular complexity index is 688. The van der Waals surface area contributed by atoms with E-state index in [1.165, 1.54) is 6.26 Å². The van der Waals surface area contributed by atoms with Gasteiger partial charge in [-0.25, -0.2) is 4.98 Å². The SMILES string of the molecule is Cl.NC1CCC2CN(C(=O)c3coc(-c4ccccc4)n3)CC12. The van der Waals surface area contributed by atoms with Crippen LogP contribution in [0.1, 0.15) is 23.3 Å². The molecule has 23 heavy (non-hydrogen) atoms. The van der Waals surface area contributed by atoms with Gasteiger partial charge in [0.25, 0.3) is 5.91 Å².